The van der Waals surface area contributed by atoms with Crippen LogP contribution in [0, 0.1) is 5.92 Å². The fourth-order valence-corrected chi connectivity index (χ4v) is 3.69. The van der Waals surface area contributed by atoms with Gasteiger partial charge in [-0.1, -0.05) is 0 Å². The first-order valence-corrected chi connectivity index (χ1v) is 8.16. The molecule has 5 heteroatoms. The lowest BCUT2D eigenvalue weighted by Crippen LogP contribution is -2.65. The molecular formula is C15H20N2O2S. The fourth-order valence-electron chi connectivity index (χ4n) is 3.01. The van der Waals surface area contributed by atoms with E-state index < -0.39 is 0 Å². The molecule has 1 N–H and O–H groups in total. The molecule has 2 fully saturated rings. The fraction of sp³-hybridized carbons (Fsp3) is 0.600. The van der Waals surface area contributed by atoms with E-state index in [1.165, 1.54) is 5.56 Å². The zero-order valence-electron chi connectivity index (χ0n) is 11.8. The molecule has 2 aliphatic rings. The lowest BCUT2D eigenvalue weighted by molar-refractivity contribution is -0.151. The number of rotatable bonds is 4. The number of carbonyl (C=O) groups excluding carboxylic acids is 2. The Kier molecular flexibility index (Phi) is 3.54. The van der Waals surface area contributed by atoms with Crippen LogP contribution in [0.3, 0.4) is 0 Å². The van der Waals surface area contributed by atoms with Gasteiger partial charge in [0.15, 0.2) is 0 Å². The van der Waals surface area contributed by atoms with Crippen molar-refractivity contribution in [3.63, 3.8) is 0 Å². The summed E-state index contributed by atoms with van der Waals surface area (Å²) in [5.74, 6) is 0.441. The number of amides is 2. The molecule has 1 aromatic rings. The molecule has 4 nitrogen and oxygen atoms in total. The van der Waals surface area contributed by atoms with E-state index in [2.05, 4.69) is 16.8 Å². The number of nitrogens with zero attached hydrogens (tertiary/aromatic N) is 1. The van der Waals surface area contributed by atoms with E-state index in [0.29, 0.717) is 5.92 Å². The van der Waals surface area contributed by atoms with Gasteiger partial charge in [-0.05, 0) is 61.4 Å². The maximum Gasteiger partial charge on any atom is 0.246 e. The van der Waals surface area contributed by atoms with Crippen LogP contribution in [0.25, 0.3) is 0 Å². The van der Waals surface area contributed by atoms with Crippen LogP contribution in [0.2, 0.25) is 0 Å². The van der Waals surface area contributed by atoms with Crippen LogP contribution in [0.5, 0.6) is 0 Å². The minimum Gasteiger partial charge on any atom is -0.342 e. The molecule has 2 amide bonds. The molecule has 1 aromatic heterocycles. The first-order chi connectivity index (χ1) is 9.58. The van der Waals surface area contributed by atoms with Gasteiger partial charge in [0.1, 0.15) is 12.1 Å². The third-order valence-corrected chi connectivity index (χ3v) is 5.03. The van der Waals surface area contributed by atoms with Gasteiger partial charge in [0, 0.05) is 6.04 Å². The predicted octanol–water partition coefficient (Wildman–Crippen LogP) is 1.80. The van der Waals surface area contributed by atoms with Crippen LogP contribution in [0.4, 0.5) is 0 Å². The molecule has 0 spiro atoms. The third-order valence-electron chi connectivity index (χ3n) is 4.29. The van der Waals surface area contributed by atoms with Crippen molar-refractivity contribution in [2.45, 2.75) is 51.2 Å². The van der Waals surface area contributed by atoms with Gasteiger partial charge in [0.05, 0.1) is 0 Å². The average Bonchev–Trinajstić information content (AvgIpc) is 3.12. The van der Waals surface area contributed by atoms with E-state index in [-0.39, 0.29) is 29.9 Å². The molecule has 1 aliphatic heterocycles. The minimum atomic E-state index is -0.369. The normalized spacial score (nSPS) is 28.4. The van der Waals surface area contributed by atoms with Gasteiger partial charge >= 0.3 is 0 Å². The molecule has 3 rings (SSSR count). The SMILES string of the molecule is CC(Cc1ccsc1)N1C(=O)C(C2CC2)NC(=O)C1C. The highest BCUT2D eigenvalue weighted by molar-refractivity contribution is 7.07. The van der Waals surface area contributed by atoms with E-state index in [0.717, 1.165) is 19.3 Å². The van der Waals surface area contributed by atoms with Crippen LogP contribution in [0.15, 0.2) is 16.8 Å². The van der Waals surface area contributed by atoms with Gasteiger partial charge in [-0.25, -0.2) is 0 Å². The zero-order valence-corrected chi connectivity index (χ0v) is 12.7. The summed E-state index contributed by atoms with van der Waals surface area (Å²) in [6.07, 6.45) is 2.92. The zero-order chi connectivity index (χ0) is 14.3. The molecule has 108 valence electrons. The molecule has 0 bridgehead atoms. The van der Waals surface area contributed by atoms with Gasteiger partial charge < -0.3 is 10.2 Å². The number of carbonyl (C=O) groups is 2. The smallest absolute Gasteiger partial charge is 0.246 e. The summed E-state index contributed by atoms with van der Waals surface area (Å²) in [7, 11) is 0. The number of nitrogens with one attached hydrogen (secondary N) is 1. The van der Waals surface area contributed by atoms with Crippen LogP contribution < -0.4 is 5.32 Å². The number of hydrogen-bond acceptors (Lipinski definition) is 3. The second-order valence-corrected chi connectivity index (χ2v) is 6.71. The van der Waals surface area contributed by atoms with Crippen molar-refractivity contribution in [3.05, 3.63) is 22.4 Å². The van der Waals surface area contributed by atoms with E-state index in [4.69, 9.17) is 0 Å². The summed E-state index contributed by atoms with van der Waals surface area (Å²) in [6.45, 7) is 3.86. The molecule has 1 aliphatic carbocycles. The Balaban J connectivity index is 1.77. The van der Waals surface area contributed by atoms with Gasteiger partial charge in [0.2, 0.25) is 11.8 Å². The third kappa shape index (κ3) is 2.46. The van der Waals surface area contributed by atoms with Gasteiger partial charge in [-0.3, -0.25) is 9.59 Å². The van der Waals surface area contributed by atoms with Crippen molar-refractivity contribution in [2.24, 2.45) is 5.92 Å². The van der Waals surface area contributed by atoms with E-state index in [1.54, 1.807) is 16.2 Å². The Morgan fingerprint density at radius 3 is 2.80 bits per heavy atom. The van der Waals surface area contributed by atoms with E-state index in [1.807, 2.05) is 19.2 Å². The van der Waals surface area contributed by atoms with Crippen molar-refractivity contribution in [1.82, 2.24) is 10.2 Å². The van der Waals surface area contributed by atoms with Crippen LogP contribution in [-0.2, 0) is 16.0 Å². The Bertz CT molecular complexity index is 510. The monoisotopic (exact) mass is 292 g/mol. The molecular weight excluding hydrogens is 272 g/mol. The van der Waals surface area contributed by atoms with E-state index in [9.17, 15) is 9.59 Å². The molecule has 3 atom stereocenters. The van der Waals surface area contributed by atoms with E-state index >= 15 is 0 Å². The highest BCUT2D eigenvalue weighted by Crippen LogP contribution is 2.35. The molecule has 3 unspecified atom stereocenters. The summed E-state index contributed by atoms with van der Waals surface area (Å²) < 4.78 is 0. The van der Waals surface area contributed by atoms with Crippen molar-refractivity contribution < 1.29 is 9.59 Å². The maximum absolute atomic E-state index is 12.6. The second-order valence-electron chi connectivity index (χ2n) is 5.93. The lowest BCUT2D eigenvalue weighted by atomic mass is 10.00. The Labute approximate surface area is 123 Å². The Morgan fingerprint density at radius 2 is 2.20 bits per heavy atom. The first-order valence-electron chi connectivity index (χ1n) is 7.21. The highest BCUT2D eigenvalue weighted by Gasteiger charge is 2.46. The Hall–Kier alpha value is -1.36. The number of thiophene rings is 1. The topological polar surface area (TPSA) is 49.4 Å². The predicted molar refractivity (Wildman–Crippen MR) is 78.4 cm³/mol. The molecule has 0 aromatic carbocycles. The highest BCUT2D eigenvalue weighted by atomic mass is 32.1. The number of piperazine rings is 1. The summed E-state index contributed by atoms with van der Waals surface area (Å²) in [5, 5.41) is 7.04. The van der Waals surface area contributed by atoms with Crippen LogP contribution >= 0.6 is 11.3 Å². The minimum absolute atomic E-state index is 0.0151. The van der Waals surface area contributed by atoms with Crippen LogP contribution in [-0.4, -0.2) is 34.8 Å². The molecule has 1 saturated carbocycles. The first kappa shape index (κ1) is 13.6. The van der Waals surface area contributed by atoms with Crippen molar-refractivity contribution in [2.75, 3.05) is 0 Å². The quantitative estimate of drug-likeness (QED) is 0.920. The van der Waals surface area contributed by atoms with Crippen molar-refractivity contribution >= 4 is 23.2 Å². The van der Waals surface area contributed by atoms with Crippen molar-refractivity contribution in [1.29, 1.82) is 0 Å². The standard InChI is InChI=1S/C15H20N2O2S/c1-9(7-11-5-6-20-8-11)17-10(2)14(18)16-13(15(17)19)12-3-4-12/h5-6,8-10,12-13H,3-4,7H2,1-2H3,(H,16,18). The molecule has 2 heterocycles. The molecule has 0 radical (unpaired) electrons. The van der Waals surface area contributed by atoms with Crippen molar-refractivity contribution in [3.8, 4) is 0 Å². The van der Waals surface area contributed by atoms with Crippen LogP contribution in [0.1, 0.15) is 32.3 Å². The Morgan fingerprint density at radius 1 is 1.45 bits per heavy atom. The summed E-state index contributed by atoms with van der Waals surface area (Å²) in [4.78, 5) is 26.5. The second kappa shape index (κ2) is 5.20. The summed E-state index contributed by atoms with van der Waals surface area (Å²) in [5.41, 5.74) is 1.23. The molecule has 20 heavy (non-hydrogen) atoms. The average molecular weight is 292 g/mol. The summed E-state index contributed by atoms with van der Waals surface area (Å²) >= 11 is 1.66. The largest absolute Gasteiger partial charge is 0.342 e. The molecule has 1 saturated heterocycles. The van der Waals surface area contributed by atoms with Gasteiger partial charge in [-0.15, -0.1) is 0 Å². The number of hydrogen-bond donors (Lipinski definition) is 1. The van der Waals surface area contributed by atoms with Gasteiger partial charge in [0.25, 0.3) is 0 Å². The summed E-state index contributed by atoms with van der Waals surface area (Å²) in [6, 6.07) is 1.48. The lowest BCUT2D eigenvalue weighted by Gasteiger charge is -2.41. The van der Waals surface area contributed by atoms with Gasteiger partial charge in [-0.2, -0.15) is 11.3 Å². The maximum atomic E-state index is 12.6.